The minimum atomic E-state index is -3.21. The van der Waals surface area contributed by atoms with Crippen LogP contribution in [-0.2, 0) is 19.6 Å². The fourth-order valence-corrected chi connectivity index (χ4v) is 4.98. The van der Waals surface area contributed by atoms with Crippen molar-refractivity contribution in [1.82, 2.24) is 4.90 Å². The summed E-state index contributed by atoms with van der Waals surface area (Å²) in [6.07, 6.45) is 0.841. The zero-order valence-corrected chi connectivity index (χ0v) is 16.2. The first kappa shape index (κ1) is 18.7. The van der Waals surface area contributed by atoms with Crippen LogP contribution in [0.5, 0.6) is 0 Å². The lowest BCUT2D eigenvalue weighted by molar-refractivity contribution is -0.131. The van der Waals surface area contributed by atoms with Gasteiger partial charge in [-0.05, 0) is 51.5 Å². The van der Waals surface area contributed by atoms with Crippen LogP contribution in [0.15, 0.2) is 24.3 Å². The maximum atomic E-state index is 12.5. The molecule has 0 bridgehead atoms. The van der Waals surface area contributed by atoms with Crippen LogP contribution in [0.2, 0.25) is 0 Å². The number of carbonyl (C=O) groups is 2. The van der Waals surface area contributed by atoms with Crippen LogP contribution in [0.3, 0.4) is 0 Å². The summed E-state index contributed by atoms with van der Waals surface area (Å²) in [6, 6.07) is 6.78. The highest BCUT2D eigenvalue weighted by Crippen LogP contribution is 2.28. The van der Waals surface area contributed by atoms with Gasteiger partial charge in [-0.25, -0.2) is 8.42 Å². The molecule has 26 heavy (non-hydrogen) atoms. The normalized spacial score (nSPS) is 22.7. The van der Waals surface area contributed by atoms with Crippen LogP contribution in [0, 0.1) is 5.92 Å². The van der Waals surface area contributed by atoms with Gasteiger partial charge >= 0.3 is 0 Å². The monoisotopic (exact) mass is 379 g/mol. The first-order valence-corrected chi connectivity index (χ1v) is 10.4. The Morgan fingerprint density at radius 2 is 1.85 bits per heavy atom. The van der Waals surface area contributed by atoms with Crippen molar-refractivity contribution in [2.24, 2.45) is 5.92 Å². The molecule has 3 rings (SSSR count). The molecule has 2 fully saturated rings. The van der Waals surface area contributed by atoms with Gasteiger partial charge in [0.25, 0.3) is 0 Å². The van der Waals surface area contributed by atoms with Gasteiger partial charge in [0.2, 0.25) is 21.8 Å². The van der Waals surface area contributed by atoms with Crippen molar-refractivity contribution in [2.45, 2.75) is 39.2 Å². The predicted octanol–water partition coefficient (Wildman–Crippen LogP) is 1.81. The van der Waals surface area contributed by atoms with E-state index in [2.05, 4.69) is 5.32 Å². The number of amides is 2. The maximum absolute atomic E-state index is 12.5. The van der Waals surface area contributed by atoms with Crippen molar-refractivity contribution < 1.29 is 18.0 Å². The number of likely N-dealkylation sites (tertiary alicyclic amines) is 1. The van der Waals surface area contributed by atoms with E-state index in [0.717, 1.165) is 0 Å². The molecule has 1 N–H and O–H groups in total. The van der Waals surface area contributed by atoms with E-state index in [-0.39, 0.29) is 35.4 Å². The van der Waals surface area contributed by atoms with E-state index in [1.54, 1.807) is 29.2 Å². The number of nitrogens with zero attached hydrogens (tertiary/aromatic N) is 2. The van der Waals surface area contributed by atoms with E-state index in [1.165, 1.54) is 4.31 Å². The Morgan fingerprint density at radius 3 is 2.35 bits per heavy atom. The van der Waals surface area contributed by atoms with Gasteiger partial charge < -0.3 is 10.2 Å². The third kappa shape index (κ3) is 3.70. The van der Waals surface area contributed by atoms with Crippen molar-refractivity contribution in [3.8, 4) is 0 Å². The fourth-order valence-electron chi connectivity index (χ4n) is 3.42. The second-order valence-electron chi connectivity index (χ2n) is 7.85. The Labute approximate surface area is 154 Å². The summed E-state index contributed by atoms with van der Waals surface area (Å²) >= 11 is 0. The van der Waals surface area contributed by atoms with Gasteiger partial charge in [-0.2, -0.15) is 0 Å². The second-order valence-corrected chi connectivity index (χ2v) is 9.87. The van der Waals surface area contributed by atoms with Crippen molar-refractivity contribution in [1.29, 1.82) is 0 Å². The number of rotatable bonds is 3. The van der Waals surface area contributed by atoms with Crippen LogP contribution >= 0.6 is 0 Å². The van der Waals surface area contributed by atoms with E-state index < -0.39 is 10.0 Å². The first-order valence-electron chi connectivity index (χ1n) is 8.80. The number of anilines is 2. The molecule has 0 saturated carbocycles. The van der Waals surface area contributed by atoms with Gasteiger partial charge in [-0.15, -0.1) is 0 Å². The maximum Gasteiger partial charge on any atom is 0.235 e. The van der Waals surface area contributed by atoms with Crippen LogP contribution in [0.25, 0.3) is 0 Å². The standard InChI is InChI=1S/C18H25N3O4S/c1-18(2,3)20-12-13(11-16(20)22)17(23)19-14-5-7-15(8-6-14)21-9-4-10-26(21,24)25/h5-8,13H,4,9-12H2,1-3H3,(H,19,23)/t13-/m0/s1. The van der Waals surface area contributed by atoms with Crippen LogP contribution < -0.4 is 9.62 Å². The van der Waals surface area contributed by atoms with Gasteiger partial charge in [0.1, 0.15) is 0 Å². The Bertz CT molecular complexity index is 812. The highest BCUT2D eigenvalue weighted by atomic mass is 32.2. The molecule has 8 heteroatoms. The van der Waals surface area contributed by atoms with Gasteiger partial charge in [0.15, 0.2) is 0 Å². The Kier molecular flexibility index (Phi) is 4.72. The molecule has 2 heterocycles. The lowest BCUT2D eigenvalue weighted by atomic mass is 10.1. The summed E-state index contributed by atoms with van der Waals surface area (Å²) in [6.45, 7) is 6.77. The number of carbonyl (C=O) groups excluding carboxylic acids is 2. The first-order chi connectivity index (χ1) is 12.1. The predicted molar refractivity (Wildman–Crippen MR) is 100 cm³/mol. The van der Waals surface area contributed by atoms with Crippen molar-refractivity contribution in [3.05, 3.63) is 24.3 Å². The molecular formula is C18H25N3O4S. The van der Waals surface area contributed by atoms with E-state index in [0.29, 0.717) is 30.9 Å². The minimum absolute atomic E-state index is 0.00719. The molecule has 0 radical (unpaired) electrons. The largest absolute Gasteiger partial charge is 0.337 e. The molecule has 7 nitrogen and oxygen atoms in total. The van der Waals surface area contributed by atoms with Crippen LogP contribution in [0.4, 0.5) is 11.4 Å². The Morgan fingerprint density at radius 1 is 1.19 bits per heavy atom. The van der Waals surface area contributed by atoms with Gasteiger partial charge in [0.05, 0.1) is 17.4 Å². The molecular weight excluding hydrogens is 354 g/mol. The second kappa shape index (κ2) is 6.57. The van der Waals surface area contributed by atoms with E-state index in [4.69, 9.17) is 0 Å². The molecule has 0 aliphatic carbocycles. The number of sulfonamides is 1. The molecule has 142 valence electrons. The third-order valence-electron chi connectivity index (χ3n) is 4.83. The van der Waals surface area contributed by atoms with Gasteiger partial charge in [-0.3, -0.25) is 13.9 Å². The zero-order valence-electron chi connectivity index (χ0n) is 15.4. The lowest BCUT2D eigenvalue weighted by Crippen LogP contribution is -2.42. The number of nitrogens with one attached hydrogen (secondary N) is 1. The smallest absolute Gasteiger partial charge is 0.235 e. The van der Waals surface area contributed by atoms with E-state index in [1.807, 2.05) is 20.8 Å². The quantitative estimate of drug-likeness (QED) is 0.868. The lowest BCUT2D eigenvalue weighted by Gasteiger charge is -2.31. The summed E-state index contributed by atoms with van der Waals surface area (Å²) in [7, 11) is -3.21. The van der Waals surface area contributed by atoms with Gasteiger partial charge in [0, 0.05) is 30.7 Å². The summed E-state index contributed by atoms with van der Waals surface area (Å²) < 4.78 is 25.3. The van der Waals surface area contributed by atoms with Crippen molar-refractivity contribution >= 4 is 33.2 Å². The number of hydrogen-bond acceptors (Lipinski definition) is 4. The molecule has 0 unspecified atom stereocenters. The molecule has 1 aromatic rings. The van der Waals surface area contributed by atoms with Crippen LogP contribution in [0.1, 0.15) is 33.6 Å². The van der Waals surface area contributed by atoms with Crippen molar-refractivity contribution in [3.63, 3.8) is 0 Å². The topological polar surface area (TPSA) is 86.8 Å². The number of hydrogen-bond donors (Lipinski definition) is 1. The van der Waals surface area contributed by atoms with Crippen LogP contribution in [-0.4, -0.2) is 49.5 Å². The summed E-state index contributed by atoms with van der Waals surface area (Å²) in [5, 5.41) is 2.83. The molecule has 2 aliphatic rings. The molecule has 2 aliphatic heterocycles. The minimum Gasteiger partial charge on any atom is -0.337 e. The Balaban J connectivity index is 1.65. The average molecular weight is 379 g/mol. The number of benzene rings is 1. The summed E-state index contributed by atoms with van der Waals surface area (Å²) in [5.74, 6) is -0.398. The molecule has 0 aromatic heterocycles. The average Bonchev–Trinajstić information content (AvgIpc) is 3.10. The molecule has 2 amide bonds. The highest BCUT2D eigenvalue weighted by Gasteiger charge is 2.39. The molecule has 1 atom stereocenters. The van der Waals surface area contributed by atoms with E-state index in [9.17, 15) is 18.0 Å². The van der Waals surface area contributed by atoms with Crippen molar-refractivity contribution in [2.75, 3.05) is 28.5 Å². The summed E-state index contributed by atoms with van der Waals surface area (Å²) in [5.41, 5.74) is 0.905. The van der Waals surface area contributed by atoms with E-state index >= 15 is 0 Å². The molecule has 2 saturated heterocycles. The van der Waals surface area contributed by atoms with Gasteiger partial charge in [-0.1, -0.05) is 0 Å². The summed E-state index contributed by atoms with van der Waals surface area (Å²) in [4.78, 5) is 26.3. The molecule has 0 spiro atoms. The fraction of sp³-hybridized carbons (Fsp3) is 0.556. The third-order valence-corrected chi connectivity index (χ3v) is 6.70. The zero-order chi connectivity index (χ0) is 19.1. The Hall–Kier alpha value is -2.09. The highest BCUT2D eigenvalue weighted by molar-refractivity contribution is 7.93. The SMILES string of the molecule is CC(C)(C)N1C[C@@H](C(=O)Nc2ccc(N3CCCS3(=O)=O)cc2)CC1=O. The molecule has 1 aromatic carbocycles.